The zero-order valence-electron chi connectivity index (χ0n) is 16.7. The van der Waals surface area contributed by atoms with Gasteiger partial charge in [-0.2, -0.15) is 0 Å². The highest BCUT2D eigenvalue weighted by atomic mass is 35.5. The van der Waals surface area contributed by atoms with Crippen LogP contribution in [0, 0.1) is 5.92 Å². The number of nitrogens with zero attached hydrogens (tertiary/aromatic N) is 2. The lowest BCUT2D eigenvalue weighted by molar-refractivity contribution is -0.142. The van der Waals surface area contributed by atoms with Gasteiger partial charge in [-0.1, -0.05) is 49.6 Å². The van der Waals surface area contributed by atoms with Gasteiger partial charge in [0.25, 0.3) is 0 Å². The van der Waals surface area contributed by atoms with Crippen LogP contribution in [0.2, 0.25) is 5.02 Å². The summed E-state index contributed by atoms with van der Waals surface area (Å²) < 4.78 is 2.03. The first-order chi connectivity index (χ1) is 14.0. The van der Waals surface area contributed by atoms with Crippen molar-refractivity contribution in [3.63, 3.8) is 0 Å². The number of aliphatic carboxylic acids is 1. The Hall–Kier alpha value is -2.34. The van der Waals surface area contributed by atoms with Gasteiger partial charge >= 0.3 is 5.97 Å². The highest BCUT2D eigenvalue weighted by Crippen LogP contribution is 2.25. The Morgan fingerprint density at radius 3 is 2.69 bits per heavy atom. The minimum absolute atomic E-state index is 0.0689. The van der Waals surface area contributed by atoms with Crippen molar-refractivity contribution < 1.29 is 14.7 Å². The fourth-order valence-electron chi connectivity index (χ4n) is 3.92. The molecular weight excluding hydrogens is 390 g/mol. The number of hydrogen-bond acceptors (Lipinski definition) is 3. The maximum Gasteiger partial charge on any atom is 0.326 e. The minimum atomic E-state index is -1.03. The Balaban J connectivity index is 1.81. The van der Waals surface area contributed by atoms with Crippen molar-refractivity contribution >= 4 is 23.5 Å². The van der Waals surface area contributed by atoms with Crippen molar-refractivity contribution in [2.45, 2.75) is 64.5 Å². The first-order valence-corrected chi connectivity index (χ1v) is 10.7. The van der Waals surface area contributed by atoms with E-state index in [-0.39, 0.29) is 18.2 Å². The van der Waals surface area contributed by atoms with Crippen LogP contribution in [0.25, 0.3) is 0 Å². The molecule has 2 aromatic rings. The highest BCUT2D eigenvalue weighted by molar-refractivity contribution is 6.31. The monoisotopic (exact) mass is 417 g/mol. The molecule has 1 heterocycles. The Morgan fingerprint density at radius 1 is 1.31 bits per heavy atom. The number of aromatic nitrogens is 2. The average molecular weight is 418 g/mol. The van der Waals surface area contributed by atoms with Gasteiger partial charge in [0.1, 0.15) is 11.9 Å². The number of carbonyl (C=O) groups excluding carboxylic acids is 1. The van der Waals surface area contributed by atoms with Gasteiger partial charge in [-0.3, -0.25) is 4.79 Å². The molecule has 0 radical (unpaired) electrons. The number of benzene rings is 1. The predicted octanol–water partition coefficient (Wildman–Crippen LogP) is 3.84. The van der Waals surface area contributed by atoms with Crippen LogP contribution in [0.4, 0.5) is 0 Å². The third-order valence-corrected chi connectivity index (χ3v) is 5.90. The summed E-state index contributed by atoms with van der Waals surface area (Å²) in [6.45, 7) is 2.60. The lowest BCUT2D eigenvalue weighted by Crippen LogP contribution is -2.44. The summed E-state index contributed by atoms with van der Waals surface area (Å²) in [5.41, 5.74) is 1.74. The van der Waals surface area contributed by atoms with Crippen molar-refractivity contribution in [3.8, 4) is 0 Å². The largest absolute Gasteiger partial charge is 0.480 e. The van der Waals surface area contributed by atoms with E-state index in [0.29, 0.717) is 11.6 Å². The molecule has 3 rings (SSSR count). The highest BCUT2D eigenvalue weighted by Gasteiger charge is 2.28. The molecule has 156 valence electrons. The number of amides is 1. The smallest absolute Gasteiger partial charge is 0.326 e. The molecule has 1 amide bonds. The van der Waals surface area contributed by atoms with Crippen LogP contribution in [0.3, 0.4) is 0 Å². The number of carbonyl (C=O) groups is 2. The summed E-state index contributed by atoms with van der Waals surface area (Å²) >= 11 is 6.34. The van der Waals surface area contributed by atoms with E-state index in [1.54, 1.807) is 6.20 Å². The molecule has 2 N–H and O–H groups in total. The molecule has 1 aromatic heterocycles. The van der Waals surface area contributed by atoms with Crippen LogP contribution >= 0.6 is 11.6 Å². The topological polar surface area (TPSA) is 84.2 Å². The molecule has 1 aliphatic carbocycles. The number of nitrogens with one attached hydrogen (secondary N) is 1. The van der Waals surface area contributed by atoms with E-state index < -0.39 is 12.0 Å². The van der Waals surface area contributed by atoms with E-state index in [2.05, 4.69) is 17.2 Å². The number of hydrogen-bond donors (Lipinski definition) is 2. The van der Waals surface area contributed by atoms with Crippen molar-refractivity contribution in [3.05, 3.63) is 52.6 Å². The fraction of sp³-hybridized carbons (Fsp3) is 0.500. The Labute approximate surface area is 176 Å². The summed E-state index contributed by atoms with van der Waals surface area (Å²) in [7, 11) is 0. The standard InChI is InChI=1S/C22H28ClN3O3/c1-2-7-20-24-13-17(26(20)14-16-10-5-6-11-18(16)23)12-19(22(28)29)25-21(27)15-8-3-4-9-15/h5-6,10-11,13,15,19H,2-4,7-9,12,14H2,1H3,(H,25,27)(H,28,29)/t19-/m0/s1. The van der Waals surface area contributed by atoms with Crippen LogP contribution < -0.4 is 5.32 Å². The third kappa shape index (κ3) is 5.38. The summed E-state index contributed by atoms with van der Waals surface area (Å²) in [6, 6.07) is 6.64. The zero-order valence-corrected chi connectivity index (χ0v) is 17.5. The number of halogens is 1. The second-order valence-electron chi connectivity index (χ2n) is 7.68. The van der Waals surface area contributed by atoms with E-state index in [4.69, 9.17) is 11.6 Å². The molecule has 29 heavy (non-hydrogen) atoms. The maximum atomic E-state index is 12.5. The van der Waals surface area contributed by atoms with Gasteiger partial charge in [0, 0.05) is 35.7 Å². The third-order valence-electron chi connectivity index (χ3n) is 5.53. The van der Waals surface area contributed by atoms with Crippen molar-refractivity contribution in [2.24, 2.45) is 5.92 Å². The molecule has 0 bridgehead atoms. The zero-order chi connectivity index (χ0) is 20.8. The summed E-state index contributed by atoms with van der Waals surface area (Å²) in [6.07, 6.45) is 7.36. The lowest BCUT2D eigenvalue weighted by atomic mass is 10.1. The van der Waals surface area contributed by atoms with Gasteiger partial charge in [0.05, 0.1) is 6.54 Å². The van der Waals surface area contributed by atoms with E-state index in [9.17, 15) is 14.7 Å². The van der Waals surface area contributed by atoms with Gasteiger partial charge in [0.2, 0.25) is 5.91 Å². The van der Waals surface area contributed by atoms with Crippen LogP contribution in [-0.2, 0) is 29.0 Å². The first-order valence-electron chi connectivity index (χ1n) is 10.3. The number of rotatable bonds is 9. The number of aryl methyl sites for hydroxylation is 1. The second kappa shape index (κ2) is 9.92. The maximum absolute atomic E-state index is 12.5. The van der Waals surface area contributed by atoms with E-state index in [1.165, 1.54) is 0 Å². The van der Waals surface area contributed by atoms with Crippen molar-refractivity contribution in [2.75, 3.05) is 0 Å². The van der Waals surface area contributed by atoms with Gasteiger partial charge in [-0.25, -0.2) is 9.78 Å². The quantitative estimate of drug-likeness (QED) is 0.649. The SMILES string of the molecule is CCCc1ncc(C[C@H](NC(=O)C2CCCC2)C(=O)O)n1Cc1ccccc1Cl. The molecule has 0 aliphatic heterocycles. The van der Waals surface area contributed by atoms with Crippen LogP contribution in [-0.4, -0.2) is 32.6 Å². The lowest BCUT2D eigenvalue weighted by Gasteiger charge is -2.19. The summed E-state index contributed by atoms with van der Waals surface area (Å²) in [4.78, 5) is 28.8. The summed E-state index contributed by atoms with van der Waals surface area (Å²) in [5, 5.41) is 13.1. The van der Waals surface area contributed by atoms with Gasteiger partial charge in [-0.15, -0.1) is 0 Å². The molecule has 7 heteroatoms. The number of carboxylic acid groups (broad SMARTS) is 1. The van der Waals surface area contributed by atoms with Crippen LogP contribution in [0.5, 0.6) is 0 Å². The summed E-state index contributed by atoms with van der Waals surface area (Å²) in [5.74, 6) is -0.353. The first kappa shape index (κ1) is 21.4. The van der Waals surface area contributed by atoms with Gasteiger partial charge < -0.3 is 15.0 Å². The Morgan fingerprint density at radius 2 is 2.03 bits per heavy atom. The van der Waals surface area contributed by atoms with Crippen LogP contribution in [0.1, 0.15) is 56.1 Å². The van der Waals surface area contributed by atoms with E-state index in [0.717, 1.165) is 55.6 Å². The molecule has 1 aromatic carbocycles. The average Bonchev–Trinajstić information content (AvgIpc) is 3.35. The van der Waals surface area contributed by atoms with Crippen molar-refractivity contribution in [1.29, 1.82) is 0 Å². The molecule has 0 unspecified atom stereocenters. The van der Waals surface area contributed by atoms with E-state index in [1.807, 2.05) is 28.8 Å². The Kier molecular flexibility index (Phi) is 7.31. The molecule has 1 aliphatic rings. The molecule has 0 saturated heterocycles. The Bertz CT molecular complexity index is 859. The van der Waals surface area contributed by atoms with E-state index >= 15 is 0 Å². The predicted molar refractivity (Wildman–Crippen MR) is 112 cm³/mol. The van der Waals surface area contributed by atoms with Gasteiger partial charge in [0.15, 0.2) is 0 Å². The minimum Gasteiger partial charge on any atom is -0.480 e. The van der Waals surface area contributed by atoms with Crippen LogP contribution in [0.15, 0.2) is 30.5 Å². The number of carboxylic acids is 1. The molecule has 1 fully saturated rings. The molecular formula is C22H28ClN3O3. The normalized spacial score (nSPS) is 15.4. The second-order valence-corrected chi connectivity index (χ2v) is 8.09. The van der Waals surface area contributed by atoms with Gasteiger partial charge in [-0.05, 0) is 30.9 Å². The van der Waals surface area contributed by atoms with Crippen molar-refractivity contribution in [1.82, 2.24) is 14.9 Å². The fourth-order valence-corrected chi connectivity index (χ4v) is 4.11. The molecule has 6 nitrogen and oxygen atoms in total. The molecule has 0 spiro atoms. The molecule has 1 saturated carbocycles. The molecule has 1 atom stereocenters. The number of imidazole rings is 1.